The molecule has 2 fully saturated rings. The van der Waals surface area contributed by atoms with Gasteiger partial charge in [-0.25, -0.2) is 0 Å². The number of amides is 1. The van der Waals surface area contributed by atoms with Crippen molar-refractivity contribution in [2.45, 2.75) is 96.3 Å². The number of hydrogen-bond donors (Lipinski definition) is 0. The molecule has 3 aliphatic rings. The van der Waals surface area contributed by atoms with E-state index in [1.165, 1.54) is 0 Å². The highest BCUT2D eigenvalue weighted by atomic mass is 19.4. The Morgan fingerprint density at radius 2 is 1.76 bits per heavy atom. The molecule has 6 nitrogen and oxygen atoms in total. The Kier molecular flexibility index (Phi) is 7.34. The first kappa shape index (κ1) is 24.1. The van der Waals surface area contributed by atoms with Crippen molar-refractivity contribution in [2.24, 2.45) is 11.8 Å². The van der Waals surface area contributed by atoms with E-state index >= 15 is 0 Å². The van der Waals surface area contributed by atoms with Crippen molar-refractivity contribution in [2.75, 3.05) is 13.2 Å². The Labute approximate surface area is 192 Å². The molecular formula is C24H34F3N3O3. The van der Waals surface area contributed by atoms with Gasteiger partial charge in [-0.15, -0.1) is 0 Å². The van der Waals surface area contributed by atoms with Crippen molar-refractivity contribution in [3.63, 3.8) is 0 Å². The summed E-state index contributed by atoms with van der Waals surface area (Å²) >= 11 is 0. The second-order valence-electron chi connectivity index (χ2n) is 9.75. The predicted molar refractivity (Wildman–Crippen MR) is 115 cm³/mol. The summed E-state index contributed by atoms with van der Waals surface area (Å²) in [7, 11) is 0. The van der Waals surface area contributed by atoms with E-state index in [0.717, 1.165) is 57.8 Å². The summed E-state index contributed by atoms with van der Waals surface area (Å²) < 4.78 is 47.7. The van der Waals surface area contributed by atoms with Crippen LogP contribution in [0.5, 0.6) is 0 Å². The Bertz CT molecular complexity index is 853. The van der Waals surface area contributed by atoms with Crippen molar-refractivity contribution in [3.05, 3.63) is 17.0 Å². The first-order chi connectivity index (χ1) is 15.8. The number of ether oxygens (including phenoxy) is 1. The van der Waals surface area contributed by atoms with Crippen LogP contribution in [0.4, 0.5) is 13.2 Å². The molecule has 0 N–H and O–H groups in total. The molecule has 33 heavy (non-hydrogen) atoms. The van der Waals surface area contributed by atoms with Crippen LogP contribution in [-0.2, 0) is 33.5 Å². The second-order valence-corrected chi connectivity index (χ2v) is 9.75. The maximum Gasteiger partial charge on any atom is 0.435 e. The highest BCUT2D eigenvalue weighted by Gasteiger charge is 2.42. The van der Waals surface area contributed by atoms with E-state index in [4.69, 9.17) is 4.74 Å². The fourth-order valence-electron chi connectivity index (χ4n) is 5.75. The van der Waals surface area contributed by atoms with Crippen molar-refractivity contribution in [3.8, 4) is 0 Å². The van der Waals surface area contributed by atoms with Gasteiger partial charge in [0, 0.05) is 18.5 Å². The van der Waals surface area contributed by atoms with Crippen LogP contribution in [-0.4, -0.2) is 39.7 Å². The summed E-state index contributed by atoms with van der Waals surface area (Å²) in [6, 6.07) is -0.0168. The lowest BCUT2D eigenvalue weighted by Crippen LogP contribution is -2.38. The quantitative estimate of drug-likeness (QED) is 0.566. The minimum atomic E-state index is -4.48. The van der Waals surface area contributed by atoms with Crippen molar-refractivity contribution < 1.29 is 27.5 Å². The zero-order valence-electron chi connectivity index (χ0n) is 19.3. The Morgan fingerprint density at radius 1 is 1.06 bits per heavy atom. The normalized spacial score (nSPS) is 24.4. The summed E-state index contributed by atoms with van der Waals surface area (Å²) in [6.07, 6.45) is 3.92. The van der Waals surface area contributed by atoms with Crippen molar-refractivity contribution in [1.29, 1.82) is 0 Å². The Hall–Kier alpha value is -2.06. The minimum Gasteiger partial charge on any atom is -0.466 e. The zero-order valence-corrected chi connectivity index (χ0v) is 19.3. The van der Waals surface area contributed by atoms with Crippen LogP contribution in [0.3, 0.4) is 0 Å². The number of nitrogens with zero attached hydrogens (tertiary/aromatic N) is 3. The number of carbonyl (C=O) groups excluding carboxylic acids is 2. The van der Waals surface area contributed by atoms with Crippen LogP contribution >= 0.6 is 0 Å². The monoisotopic (exact) mass is 469 g/mol. The molecule has 0 saturated heterocycles. The maximum absolute atomic E-state index is 13.7. The molecule has 0 bridgehead atoms. The van der Waals surface area contributed by atoms with Gasteiger partial charge in [0.15, 0.2) is 5.69 Å². The van der Waals surface area contributed by atoms with Gasteiger partial charge in [-0.3, -0.25) is 14.3 Å². The van der Waals surface area contributed by atoms with E-state index in [0.29, 0.717) is 25.3 Å². The Morgan fingerprint density at radius 3 is 2.39 bits per heavy atom. The van der Waals surface area contributed by atoms with Crippen LogP contribution in [0.2, 0.25) is 0 Å². The summed E-state index contributed by atoms with van der Waals surface area (Å²) in [5.74, 6) is -0.0366. The number of fused-ring (bicyclic) bond motifs is 1. The summed E-state index contributed by atoms with van der Waals surface area (Å²) in [4.78, 5) is 26.7. The van der Waals surface area contributed by atoms with Gasteiger partial charge in [0.2, 0.25) is 5.91 Å². The first-order valence-corrected chi connectivity index (χ1v) is 12.4. The molecule has 0 atom stereocenters. The van der Waals surface area contributed by atoms with Gasteiger partial charge in [-0.1, -0.05) is 19.3 Å². The third-order valence-electron chi connectivity index (χ3n) is 7.56. The molecule has 2 saturated carbocycles. The molecule has 0 radical (unpaired) electrons. The molecule has 1 aromatic rings. The second kappa shape index (κ2) is 10.1. The first-order valence-electron chi connectivity index (χ1n) is 12.4. The van der Waals surface area contributed by atoms with E-state index in [-0.39, 0.29) is 48.3 Å². The molecule has 0 spiro atoms. The SMILES string of the molecule is CCOC(=O)C1CCC(CC(=O)N2CCc3c(C(F)(F)F)nn(C4CCCCC4)c3C2)CC1. The van der Waals surface area contributed by atoms with E-state index in [1.54, 1.807) is 16.5 Å². The summed E-state index contributed by atoms with van der Waals surface area (Å²) in [5.41, 5.74) is 0.0689. The van der Waals surface area contributed by atoms with Gasteiger partial charge in [0.1, 0.15) is 0 Å². The molecule has 2 aliphatic carbocycles. The highest BCUT2D eigenvalue weighted by Crippen LogP contribution is 2.39. The number of esters is 1. The number of carbonyl (C=O) groups is 2. The number of halogens is 3. The average Bonchev–Trinajstić information content (AvgIpc) is 3.20. The molecule has 1 aromatic heterocycles. The zero-order chi connectivity index (χ0) is 23.6. The van der Waals surface area contributed by atoms with Crippen molar-refractivity contribution in [1.82, 2.24) is 14.7 Å². The molecule has 1 aliphatic heterocycles. The Balaban J connectivity index is 1.42. The molecule has 4 rings (SSSR count). The van der Waals surface area contributed by atoms with Gasteiger partial charge in [0.25, 0.3) is 0 Å². The van der Waals surface area contributed by atoms with Gasteiger partial charge in [0.05, 0.1) is 30.8 Å². The topological polar surface area (TPSA) is 64.4 Å². The summed E-state index contributed by atoms with van der Waals surface area (Å²) in [5, 5.41) is 4.05. The lowest BCUT2D eigenvalue weighted by Gasteiger charge is -2.33. The number of aromatic nitrogens is 2. The lowest BCUT2D eigenvalue weighted by molar-refractivity contribution is -0.149. The largest absolute Gasteiger partial charge is 0.466 e. The standard InChI is InChI=1S/C24H34F3N3O3/c1-2-33-23(32)17-10-8-16(9-11-17)14-21(31)29-13-12-19-20(15-29)30(18-6-4-3-5-7-18)28-22(19)24(25,26)27/h16-18H,2-15H2,1H3. The molecule has 0 unspecified atom stereocenters. The lowest BCUT2D eigenvalue weighted by atomic mass is 9.80. The number of alkyl halides is 3. The fourth-order valence-corrected chi connectivity index (χ4v) is 5.75. The van der Waals surface area contributed by atoms with Crippen LogP contribution in [0.15, 0.2) is 0 Å². The van der Waals surface area contributed by atoms with Crippen LogP contribution in [0, 0.1) is 11.8 Å². The molecule has 184 valence electrons. The van der Waals surface area contributed by atoms with Crippen molar-refractivity contribution >= 4 is 11.9 Å². The molecule has 1 amide bonds. The highest BCUT2D eigenvalue weighted by molar-refractivity contribution is 5.77. The average molecular weight is 470 g/mol. The third kappa shape index (κ3) is 5.38. The molecular weight excluding hydrogens is 435 g/mol. The van der Waals surface area contributed by atoms with E-state index < -0.39 is 11.9 Å². The molecule has 9 heteroatoms. The van der Waals surface area contributed by atoms with E-state index in [9.17, 15) is 22.8 Å². The minimum absolute atomic E-state index is 0.00909. The van der Waals surface area contributed by atoms with Gasteiger partial charge < -0.3 is 9.64 Å². The van der Waals surface area contributed by atoms with Crippen LogP contribution in [0.25, 0.3) is 0 Å². The fraction of sp³-hybridized carbons (Fsp3) is 0.792. The summed E-state index contributed by atoms with van der Waals surface area (Å²) in [6.45, 7) is 2.67. The van der Waals surface area contributed by atoms with E-state index in [1.807, 2.05) is 0 Å². The van der Waals surface area contributed by atoms with Crippen LogP contribution in [0.1, 0.15) is 94.1 Å². The number of rotatable bonds is 5. The van der Waals surface area contributed by atoms with Gasteiger partial charge >= 0.3 is 12.1 Å². The smallest absolute Gasteiger partial charge is 0.435 e. The van der Waals surface area contributed by atoms with Crippen LogP contribution < -0.4 is 0 Å². The van der Waals surface area contributed by atoms with E-state index in [2.05, 4.69) is 5.10 Å². The van der Waals surface area contributed by atoms with Gasteiger partial charge in [-0.05, 0) is 57.8 Å². The molecule has 2 heterocycles. The maximum atomic E-state index is 13.7. The predicted octanol–water partition coefficient (Wildman–Crippen LogP) is 5.05. The van der Waals surface area contributed by atoms with Gasteiger partial charge in [-0.2, -0.15) is 18.3 Å². The molecule has 0 aromatic carbocycles. The number of hydrogen-bond acceptors (Lipinski definition) is 4. The third-order valence-corrected chi connectivity index (χ3v) is 7.56.